The molecule has 20 heavy (non-hydrogen) atoms. The van der Waals surface area contributed by atoms with Gasteiger partial charge in [0.15, 0.2) is 0 Å². The molecule has 0 radical (unpaired) electrons. The number of methoxy groups -OCH3 is 2. The van der Waals surface area contributed by atoms with Crippen LogP contribution in [-0.2, 0) is 6.54 Å². The average Bonchev–Trinajstić information content (AvgIpc) is 2.46. The van der Waals surface area contributed by atoms with Gasteiger partial charge in [-0.3, -0.25) is 0 Å². The monoisotopic (exact) mass is 282 g/mol. The van der Waals surface area contributed by atoms with Gasteiger partial charge in [0.25, 0.3) is 0 Å². The fraction of sp³-hybridized carbons (Fsp3) is 0.714. The third-order valence-electron chi connectivity index (χ3n) is 3.30. The Morgan fingerprint density at radius 1 is 1.20 bits per heavy atom. The van der Waals surface area contributed by atoms with Crippen LogP contribution in [0.15, 0.2) is 6.33 Å². The summed E-state index contributed by atoms with van der Waals surface area (Å²) in [6.45, 7) is 7.04. The van der Waals surface area contributed by atoms with Gasteiger partial charge >= 0.3 is 0 Å². The van der Waals surface area contributed by atoms with Crippen LogP contribution >= 0.6 is 0 Å². The molecule has 114 valence electrons. The Balaban J connectivity index is 2.42. The summed E-state index contributed by atoms with van der Waals surface area (Å²) in [5, 5.41) is 3.38. The molecule has 0 atom stereocenters. The third kappa shape index (κ3) is 4.94. The molecule has 1 N–H and O–H groups in total. The minimum atomic E-state index is 0.559. The molecule has 0 aromatic carbocycles. The number of hydrogen-bond acceptors (Lipinski definition) is 6. The Morgan fingerprint density at radius 2 is 1.80 bits per heavy atom. The van der Waals surface area contributed by atoms with Crippen LogP contribution in [-0.4, -0.2) is 55.3 Å². The SMILES string of the molecule is COc1ncnc(OC)c1CNCCCN(C)C(C)C. The zero-order chi connectivity index (χ0) is 15.0. The molecule has 0 saturated carbocycles. The third-order valence-corrected chi connectivity index (χ3v) is 3.30. The van der Waals surface area contributed by atoms with Crippen molar-refractivity contribution >= 4 is 0 Å². The molecule has 0 saturated heterocycles. The molecule has 0 spiro atoms. The number of hydrogen-bond donors (Lipinski definition) is 1. The Bertz CT molecular complexity index is 377. The van der Waals surface area contributed by atoms with Gasteiger partial charge in [-0.15, -0.1) is 0 Å². The van der Waals surface area contributed by atoms with Crippen LogP contribution < -0.4 is 14.8 Å². The van der Waals surface area contributed by atoms with Crippen molar-refractivity contribution in [2.24, 2.45) is 0 Å². The van der Waals surface area contributed by atoms with Gasteiger partial charge in [-0.2, -0.15) is 0 Å². The van der Waals surface area contributed by atoms with E-state index in [9.17, 15) is 0 Å². The predicted octanol–water partition coefficient (Wildman–Crippen LogP) is 1.31. The molecule has 6 heteroatoms. The highest BCUT2D eigenvalue weighted by Crippen LogP contribution is 2.22. The van der Waals surface area contributed by atoms with Crippen LogP contribution in [0.2, 0.25) is 0 Å². The first-order chi connectivity index (χ1) is 9.60. The predicted molar refractivity (Wildman–Crippen MR) is 79.2 cm³/mol. The van der Waals surface area contributed by atoms with Crippen molar-refractivity contribution in [3.63, 3.8) is 0 Å². The number of ether oxygens (including phenoxy) is 2. The maximum absolute atomic E-state index is 5.24. The van der Waals surface area contributed by atoms with E-state index in [1.807, 2.05) is 0 Å². The van der Waals surface area contributed by atoms with Crippen molar-refractivity contribution in [3.8, 4) is 11.8 Å². The van der Waals surface area contributed by atoms with E-state index in [1.165, 1.54) is 6.33 Å². The van der Waals surface area contributed by atoms with Crippen molar-refractivity contribution in [3.05, 3.63) is 11.9 Å². The lowest BCUT2D eigenvalue weighted by Crippen LogP contribution is -2.29. The Hall–Kier alpha value is -1.40. The van der Waals surface area contributed by atoms with Gasteiger partial charge in [-0.1, -0.05) is 0 Å². The van der Waals surface area contributed by atoms with E-state index in [4.69, 9.17) is 9.47 Å². The quantitative estimate of drug-likeness (QED) is 0.689. The van der Waals surface area contributed by atoms with E-state index in [2.05, 4.69) is 41.1 Å². The van der Waals surface area contributed by atoms with Crippen molar-refractivity contribution in [2.45, 2.75) is 32.9 Å². The summed E-state index contributed by atoms with van der Waals surface area (Å²) >= 11 is 0. The van der Waals surface area contributed by atoms with E-state index in [-0.39, 0.29) is 0 Å². The van der Waals surface area contributed by atoms with Crippen LogP contribution in [0.5, 0.6) is 11.8 Å². The van der Waals surface area contributed by atoms with Crippen LogP contribution in [0.25, 0.3) is 0 Å². The maximum Gasteiger partial charge on any atom is 0.224 e. The summed E-state index contributed by atoms with van der Waals surface area (Å²) in [5.74, 6) is 1.12. The van der Waals surface area contributed by atoms with E-state index in [0.29, 0.717) is 24.3 Å². The molecular formula is C14H26N4O2. The number of nitrogens with one attached hydrogen (secondary N) is 1. The fourth-order valence-corrected chi connectivity index (χ4v) is 1.81. The lowest BCUT2D eigenvalue weighted by molar-refractivity contribution is 0.269. The second-order valence-corrected chi connectivity index (χ2v) is 4.98. The summed E-state index contributed by atoms with van der Waals surface area (Å²) < 4.78 is 10.5. The lowest BCUT2D eigenvalue weighted by Gasteiger charge is -2.20. The van der Waals surface area contributed by atoms with E-state index in [1.54, 1.807) is 14.2 Å². The van der Waals surface area contributed by atoms with Gasteiger partial charge in [-0.05, 0) is 40.4 Å². The minimum Gasteiger partial charge on any atom is -0.481 e. The van der Waals surface area contributed by atoms with Crippen LogP contribution in [0.4, 0.5) is 0 Å². The Labute approximate surface area is 121 Å². The first-order valence-corrected chi connectivity index (χ1v) is 6.93. The average molecular weight is 282 g/mol. The summed E-state index contributed by atoms with van der Waals surface area (Å²) in [6.07, 6.45) is 2.53. The van der Waals surface area contributed by atoms with Gasteiger partial charge < -0.3 is 19.7 Å². The number of nitrogens with zero attached hydrogens (tertiary/aromatic N) is 3. The first-order valence-electron chi connectivity index (χ1n) is 6.93. The Morgan fingerprint density at radius 3 is 2.30 bits per heavy atom. The molecule has 1 rings (SSSR count). The van der Waals surface area contributed by atoms with E-state index in [0.717, 1.165) is 25.1 Å². The van der Waals surface area contributed by atoms with Crippen LogP contribution in [0, 0.1) is 0 Å². The van der Waals surface area contributed by atoms with Crippen molar-refractivity contribution in [1.29, 1.82) is 0 Å². The van der Waals surface area contributed by atoms with Crippen molar-refractivity contribution in [2.75, 3.05) is 34.4 Å². The largest absolute Gasteiger partial charge is 0.481 e. The smallest absolute Gasteiger partial charge is 0.224 e. The minimum absolute atomic E-state index is 0.559. The zero-order valence-electron chi connectivity index (χ0n) is 13.1. The summed E-state index contributed by atoms with van der Waals surface area (Å²) in [5.41, 5.74) is 0.856. The molecule has 1 aromatic heterocycles. The molecule has 0 aliphatic heterocycles. The van der Waals surface area contributed by atoms with Crippen LogP contribution in [0.3, 0.4) is 0 Å². The molecule has 0 aliphatic rings. The zero-order valence-corrected chi connectivity index (χ0v) is 13.1. The summed E-state index contributed by atoms with van der Waals surface area (Å²) in [4.78, 5) is 10.5. The van der Waals surface area contributed by atoms with Gasteiger partial charge in [0.1, 0.15) is 6.33 Å². The molecule has 0 unspecified atom stereocenters. The molecule has 0 aliphatic carbocycles. The van der Waals surface area contributed by atoms with Crippen molar-refractivity contribution in [1.82, 2.24) is 20.2 Å². The standard InChI is InChI=1S/C14H26N4O2/c1-11(2)18(3)8-6-7-15-9-12-13(19-4)16-10-17-14(12)20-5/h10-11,15H,6-9H2,1-5H3. The Kier molecular flexibility index (Phi) is 7.25. The summed E-state index contributed by atoms with van der Waals surface area (Å²) in [7, 11) is 5.34. The normalized spacial score (nSPS) is 11.2. The van der Waals surface area contributed by atoms with Gasteiger partial charge in [-0.25, -0.2) is 9.97 Å². The second kappa shape index (κ2) is 8.71. The molecule has 0 fully saturated rings. The highest BCUT2D eigenvalue weighted by atomic mass is 16.5. The maximum atomic E-state index is 5.24. The topological polar surface area (TPSA) is 59.5 Å². The van der Waals surface area contributed by atoms with E-state index >= 15 is 0 Å². The van der Waals surface area contributed by atoms with Crippen LogP contribution in [0.1, 0.15) is 25.8 Å². The molecule has 1 heterocycles. The second-order valence-electron chi connectivity index (χ2n) is 4.98. The molecule has 6 nitrogen and oxygen atoms in total. The highest BCUT2D eigenvalue weighted by molar-refractivity contribution is 5.34. The summed E-state index contributed by atoms with van der Waals surface area (Å²) in [6, 6.07) is 0.581. The molecular weight excluding hydrogens is 256 g/mol. The highest BCUT2D eigenvalue weighted by Gasteiger charge is 2.12. The number of rotatable bonds is 9. The molecule has 0 amide bonds. The van der Waals surface area contributed by atoms with Crippen molar-refractivity contribution < 1.29 is 9.47 Å². The molecule has 1 aromatic rings. The van der Waals surface area contributed by atoms with Gasteiger partial charge in [0.2, 0.25) is 11.8 Å². The molecule has 0 bridgehead atoms. The van der Waals surface area contributed by atoms with Gasteiger partial charge in [0, 0.05) is 12.6 Å². The van der Waals surface area contributed by atoms with E-state index < -0.39 is 0 Å². The van der Waals surface area contributed by atoms with Gasteiger partial charge in [0.05, 0.1) is 19.8 Å². The number of aromatic nitrogens is 2. The lowest BCUT2D eigenvalue weighted by atomic mass is 10.3. The first kappa shape index (κ1) is 16.7. The fourth-order valence-electron chi connectivity index (χ4n) is 1.81.